The number of hydrogen-bond acceptors (Lipinski definition) is 2. The zero-order valence-corrected chi connectivity index (χ0v) is 10.2. The van der Waals surface area contributed by atoms with Gasteiger partial charge in [0.2, 0.25) is 5.54 Å². The van der Waals surface area contributed by atoms with Gasteiger partial charge in [-0.1, -0.05) is 12.1 Å². The summed E-state index contributed by atoms with van der Waals surface area (Å²) in [6, 6.07) is 5.34. The van der Waals surface area contributed by atoms with Gasteiger partial charge in [-0.2, -0.15) is 26.3 Å². The third-order valence-electron chi connectivity index (χ3n) is 3.05. The van der Waals surface area contributed by atoms with E-state index in [9.17, 15) is 26.3 Å². The fourth-order valence-electron chi connectivity index (χ4n) is 2.08. The molecule has 1 aromatic rings. The van der Waals surface area contributed by atoms with Gasteiger partial charge in [-0.25, -0.2) is 0 Å². The van der Waals surface area contributed by atoms with Crippen molar-refractivity contribution in [1.82, 2.24) is 0 Å². The highest BCUT2D eigenvalue weighted by Gasteiger charge is 2.71. The van der Waals surface area contributed by atoms with Crippen LogP contribution < -0.4 is 5.32 Å². The van der Waals surface area contributed by atoms with Crippen molar-refractivity contribution in [3.05, 3.63) is 24.3 Å². The Hall–Kier alpha value is -1.73. The number of anilines is 1. The Morgan fingerprint density at radius 2 is 1.60 bits per heavy atom. The summed E-state index contributed by atoms with van der Waals surface area (Å²) in [6.07, 6.45) is -12.3. The monoisotopic (exact) mass is 296 g/mol. The summed E-state index contributed by atoms with van der Waals surface area (Å²) < 4.78 is 78.6. The molecule has 20 heavy (non-hydrogen) atoms. The van der Waals surface area contributed by atoms with Crippen molar-refractivity contribution >= 4 is 17.1 Å². The summed E-state index contributed by atoms with van der Waals surface area (Å²) in [6.45, 7) is 1.15. The standard InChI is InChI=1S/C12H10F6N2/c1-7-6-10(11(13,14)15,12(16,17)18)20-9-5-3-2-4-8(9)19-7/h2-5,20H,6H2,1H3. The maximum absolute atomic E-state index is 13.1. The molecule has 0 spiro atoms. The van der Waals surface area contributed by atoms with Crippen LogP contribution in [0.3, 0.4) is 0 Å². The normalized spacial score (nSPS) is 18.6. The van der Waals surface area contributed by atoms with Gasteiger partial charge in [0, 0.05) is 12.1 Å². The second-order valence-corrected chi connectivity index (χ2v) is 4.57. The lowest BCUT2D eigenvalue weighted by Crippen LogP contribution is -2.62. The first-order valence-electron chi connectivity index (χ1n) is 5.62. The van der Waals surface area contributed by atoms with Gasteiger partial charge in [-0.05, 0) is 19.1 Å². The van der Waals surface area contributed by atoms with Crippen molar-refractivity contribution in [1.29, 1.82) is 0 Å². The fourth-order valence-corrected chi connectivity index (χ4v) is 2.08. The zero-order chi connectivity index (χ0) is 15.2. The lowest BCUT2D eigenvalue weighted by Gasteiger charge is -2.37. The summed E-state index contributed by atoms with van der Waals surface area (Å²) in [5, 5.41) is 1.62. The molecule has 0 fully saturated rings. The number of hydrogen-bond donors (Lipinski definition) is 1. The molecule has 0 atom stereocenters. The van der Waals surface area contributed by atoms with E-state index in [1.165, 1.54) is 18.2 Å². The molecule has 8 heteroatoms. The van der Waals surface area contributed by atoms with Gasteiger partial charge in [0.25, 0.3) is 0 Å². The van der Waals surface area contributed by atoms with Gasteiger partial charge in [0.05, 0.1) is 11.4 Å². The zero-order valence-electron chi connectivity index (χ0n) is 10.2. The first-order valence-corrected chi connectivity index (χ1v) is 5.62. The van der Waals surface area contributed by atoms with E-state index in [0.29, 0.717) is 0 Å². The first-order chi connectivity index (χ1) is 9.07. The molecule has 1 N–H and O–H groups in total. The van der Waals surface area contributed by atoms with Gasteiger partial charge in [0.15, 0.2) is 0 Å². The van der Waals surface area contributed by atoms with E-state index in [1.807, 2.05) is 0 Å². The van der Waals surface area contributed by atoms with Crippen LogP contribution in [0.2, 0.25) is 0 Å². The Labute approximate surface area is 110 Å². The second kappa shape index (κ2) is 4.39. The number of aliphatic imine (C=N–C) groups is 1. The summed E-state index contributed by atoms with van der Waals surface area (Å²) in [5.74, 6) is 0. The number of para-hydroxylation sites is 2. The minimum Gasteiger partial charge on any atom is -0.362 e. The van der Waals surface area contributed by atoms with Crippen LogP contribution in [0, 0.1) is 0 Å². The van der Waals surface area contributed by atoms with Crippen molar-refractivity contribution in [2.75, 3.05) is 5.32 Å². The van der Waals surface area contributed by atoms with Crippen LogP contribution in [-0.2, 0) is 0 Å². The Morgan fingerprint density at radius 3 is 2.15 bits per heavy atom. The van der Waals surface area contributed by atoms with Gasteiger partial charge < -0.3 is 5.32 Å². The molecule has 1 heterocycles. The number of alkyl halides is 6. The number of halogens is 6. The largest absolute Gasteiger partial charge is 0.420 e. The lowest BCUT2D eigenvalue weighted by molar-refractivity contribution is -0.285. The molecule has 0 bridgehead atoms. The van der Waals surface area contributed by atoms with E-state index in [-0.39, 0.29) is 17.1 Å². The molecule has 0 saturated heterocycles. The summed E-state index contributed by atoms with van der Waals surface area (Å²) in [5.41, 5.74) is -4.50. The smallest absolute Gasteiger partial charge is 0.362 e. The predicted molar refractivity (Wildman–Crippen MR) is 62.3 cm³/mol. The van der Waals surface area contributed by atoms with Crippen LogP contribution in [0.25, 0.3) is 0 Å². The lowest BCUT2D eigenvalue weighted by atomic mass is 9.91. The molecule has 0 amide bonds. The van der Waals surface area contributed by atoms with Crippen LogP contribution in [0.4, 0.5) is 37.7 Å². The molecule has 1 aromatic carbocycles. The van der Waals surface area contributed by atoms with Crippen molar-refractivity contribution in [3.63, 3.8) is 0 Å². The SMILES string of the molecule is CC1=Nc2ccccc2NC(C(F)(F)F)(C(F)(F)F)C1. The number of fused-ring (bicyclic) bond motifs is 1. The molecule has 1 aliphatic rings. The second-order valence-electron chi connectivity index (χ2n) is 4.57. The molecular formula is C12H10F6N2. The quantitative estimate of drug-likeness (QED) is 0.702. The van der Waals surface area contributed by atoms with Crippen molar-refractivity contribution in [3.8, 4) is 0 Å². The molecule has 0 radical (unpaired) electrons. The highest BCUT2D eigenvalue weighted by Crippen LogP contribution is 2.50. The van der Waals surface area contributed by atoms with Crippen LogP contribution in [-0.4, -0.2) is 23.6 Å². The van der Waals surface area contributed by atoms with Gasteiger partial charge >= 0.3 is 12.4 Å². The average molecular weight is 296 g/mol. The van der Waals surface area contributed by atoms with E-state index in [2.05, 4.69) is 4.99 Å². The van der Waals surface area contributed by atoms with Crippen molar-refractivity contribution < 1.29 is 26.3 Å². The number of benzene rings is 1. The van der Waals surface area contributed by atoms with E-state index >= 15 is 0 Å². The number of nitrogens with one attached hydrogen (secondary N) is 1. The van der Waals surface area contributed by atoms with Gasteiger partial charge in [-0.3, -0.25) is 4.99 Å². The molecular weight excluding hydrogens is 286 g/mol. The van der Waals surface area contributed by atoms with E-state index < -0.39 is 24.3 Å². The third-order valence-corrected chi connectivity index (χ3v) is 3.05. The maximum Gasteiger partial charge on any atom is 0.420 e. The molecule has 0 unspecified atom stereocenters. The predicted octanol–water partition coefficient (Wildman–Crippen LogP) is 4.46. The van der Waals surface area contributed by atoms with Crippen LogP contribution in [0.5, 0.6) is 0 Å². The van der Waals surface area contributed by atoms with Crippen LogP contribution in [0.1, 0.15) is 13.3 Å². The average Bonchev–Trinajstić information content (AvgIpc) is 2.43. The Bertz CT molecular complexity index is 530. The van der Waals surface area contributed by atoms with E-state index in [1.54, 1.807) is 5.32 Å². The fraction of sp³-hybridized carbons (Fsp3) is 0.417. The molecule has 0 aliphatic carbocycles. The van der Waals surface area contributed by atoms with Gasteiger partial charge in [0.1, 0.15) is 0 Å². The third kappa shape index (κ3) is 2.23. The minimum atomic E-state index is -5.50. The molecule has 0 aromatic heterocycles. The van der Waals surface area contributed by atoms with Gasteiger partial charge in [-0.15, -0.1) is 0 Å². The topological polar surface area (TPSA) is 24.4 Å². The molecule has 110 valence electrons. The molecule has 0 saturated carbocycles. The molecule has 2 nitrogen and oxygen atoms in total. The Kier molecular flexibility index (Phi) is 3.22. The minimum absolute atomic E-state index is 0.0559. The van der Waals surface area contributed by atoms with E-state index in [0.717, 1.165) is 13.0 Å². The van der Waals surface area contributed by atoms with Crippen molar-refractivity contribution in [2.24, 2.45) is 4.99 Å². The highest BCUT2D eigenvalue weighted by atomic mass is 19.4. The molecule has 1 aliphatic heterocycles. The summed E-state index contributed by atoms with van der Waals surface area (Å²) >= 11 is 0. The summed E-state index contributed by atoms with van der Waals surface area (Å²) in [4.78, 5) is 3.82. The van der Waals surface area contributed by atoms with E-state index in [4.69, 9.17) is 0 Å². The number of nitrogens with zero attached hydrogens (tertiary/aromatic N) is 1. The Morgan fingerprint density at radius 1 is 1.05 bits per heavy atom. The van der Waals surface area contributed by atoms with Crippen molar-refractivity contribution in [2.45, 2.75) is 31.2 Å². The van der Waals surface area contributed by atoms with Crippen LogP contribution in [0.15, 0.2) is 29.3 Å². The highest BCUT2D eigenvalue weighted by molar-refractivity contribution is 5.90. The first kappa shape index (κ1) is 14.7. The molecule has 2 rings (SSSR count). The number of rotatable bonds is 0. The Balaban J connectivity index is 2.65. The summed E-state index contributed by atoms with van der Waals surface area (Å²) in [7, 11) is 0. The van der Waals surface area contributed by atoms with Crippen LogP contribution >= 0.6 is 0 Å². The maximum atomic E-state index is 13.1.